The number of anilines is 1. The zero-order chi connectivity index (χ0) is 18.7. The van der Waals surface area contributed by atoms with Crippen molar-refractivity contribution < 1.29 is 9.53 Å². The second kappa shape index (κ2) is 7.68. The first-order chi connectivity index (χ1) is 12.5. The molecule has 0 aromatic carbocycles. The van der Waals surface area contributed by atoms with Crippen LogP contribution in [0.25, 0.3) is 5.65 Å². The van der Waals surface area contributed by atoms with Crippen LogP contribution in [-0.2, 0) is 11.2 Å². The number of carbonyl (C=O) groups is 1. The molecule has 1 saturated heterocycles. The van der Waals surface area contributed by atoms with E-state index in [4.69, 9.17) is 15.7 Å². The first-order valence-electron chi connectivity index (χ1n) is 8.64. The van der Waals surface area contributed by atoms with Gasteiger partial charge >= 0.3 is 0 Å². The molecule has 3 rings (SSSR count). The number of aromatic nitrogens is 3. The van der Waals surface area contributed by atoms with Crippen molar-refractivity contribution in [1.82, 2.24) is 24.8 Å². The maximum Gasteiger partial charge on any atom is 0.259 e. The van der Waals surface area contributed by atoms with Gasteiger partial charge in [-0.25, -0.2) is 9.50 Å². The van der Waals surface area contributed by atoms with Gasteiger partial charge < -0.3 is 20.7 Å². The summed E-state index contributed by atoms with van der Waals surface area (Å²) in [5, 5.41) is 16.0. The first kappa shape index (κ1) is 18.1. The predicted octanol–water partition coefficient (Wildman–Crippen LogP) is 0.217. The van der Waals surface area contributed by atoms with Crippen LogP contribution >= 0.6 is 0 Å². The van der Waals surface area contributed by atoms with Crippen LogP contribution in [0.4, 0.5) is 5.82 Å². The standard InChI is InChI=1S/C17H23N7O2/c1-3-26-13-5-7-23(2)10-12(13)21-17(25)14-15(19)22-24-9-11(4-6-18)8-20-16(14)24/h8-9,12-13H,3-5,7,10H2,1-2H3,(H2,19,22)(H,21,25). The highest BCUT2D eigenvalue weighted by atomic mass is 16.5. The molecule has 0 bridgehead atoms. The molecule has 1 fully saturated rings. The van der Waals surface area contributed by atoms with E-state index in [1.54, 1.807) is 12.4 Å². The molecule has 0 radical (unpaired) electrons. The summed E-state index contributed by atoms with van der Waals surface area (Å²) in [5.74, 6) is -0.204. The fourth-order valence-electron chi connectivity index (χ4n) is 3.28. The molecule has 0 saturated carbocycles. The van der Waals surface area contributed by atoms with Crippen LogP contribution in [0, 0.1) is 11.3 Å². The summed E-state index contributed by atoms with van der Waals surface area (Å²) < 4.78 is 7.23. The number of rotatable bonds is 5. The molecule has 0 spiro atoms. The molecule has 26 heavy (non-hydrogen) atoms. The summed E-state index contributed by atoms with van der Waals surface area (Å²) in [5.41, 5.74) is 7.29. The minimum atomic E-state index is -0.317. The molecule has 138 valence electrons. The van der Waals surface area contributed by atoms with Gasteiger partial charge in [0.25, 0.3) is 5.91 Å². The molecule has 1 amide bonds. The maximum absolute atomic E-state index is 12.9. The summed E-state index contributed by atoms with van der Waals surface area (Å²) in [4.78, 5) is 19.3. The Bertz CT molecular complexity index is 841. The number of carbonyl (C=O) groups excluding carboxylic acids is 1. The van der Waals surface area contributed by atoms with Gasteiger partial charge in [0.2, 0.25) is 0 Å². The fourth-order valence-corrected chi connectivity index (χ4v) is 3.28. The number of nitrogens with two attached hydrogens (primary N) is 1. The lowest BCUT2D eigenvalue weighted by Gasteiger charge is -2.36. The zero-order valence-electron chi connectivity index (χ0n) is 15.0. The van der Waals surface area contributed by atoms with Crippen molar-refractivity contribution in [2.75, 3.05) is 32.5 Å². The Morgan fingerprint density at radius 1 is 1.58 bits per heavy atom. The Balaban J connectivity index is 1.85. The molecule has 9 nitrogen and oxygen atoms in total. The molecule has 9 heteroatoms. The highest BCUT2D eigenvalue weighted by Gasteiger charge is 2.31. The normalized spacial score (nSPS) is 20.8. The molecule has 1 aliphatic rings. The molecule has 3 heterocycles. The van der Waals surface area contributed by atoms with Crippen LogP contribution in [0.1, 0.15) is 29.3 Å². The minimum absolute atomic E-state index is 0.0293. The SMILES string of the molecule is CCOC1CCN(C)CC1NC(=O)c1c(N)nn2cc(CC#N)cnc12. The highest BCUT2D eigenvalue weighted by Crippen LogP contribution is 2.19. The Kier molecular flexibility index (Phi) is 5.35. The quantitative estimate of drug-likeness (QED) is 0.785. The molecule has 1 aliphatic heterocycles. The van der Waals surface area contributed by atoms with Gasteiger partial charge in [-0.1, -0.05) is 0 Å². The van der Waals surface area contributed by atoms with E-state index < -0.39 is 0 Å². The van der Waals surface area contributed by atoms with Crippen molar-refractivity contribution in [3.8, 4) is 6.07 Å². The van der Waals surface area contributed by atoms with E-state index >= 15 is 0 Å². The largest absolute Gasteiger partial charge is 0.381 e. The van der Waals surface area contributed by atoms with Crippen LogP contribution in [-0.4, -0.2) is 64.3 Å². The maximum atomic E-state index is 12.9. The third-order valence-electron chi connectivity index (χ3n) is 4.51. The summed E-state index contributed by atoms with van der Waals surface area (Å²) in [6.45, 7) is 4.18. The predicted molar refractivity (Wildman–Crippen MR) is 95.5 cm³/mol. The number of likely N-dealkylation sites (tertiary alicyclic amines) is 1. The summed E-state index contributed by atoms with van der Waals surface area (Å²) >= 11 is 0. The van der Waals surface area contributed by atoms with Crippen LogP contribution in [0.5, 0.6) is 0 Å². The molecular formula is C17H23N7O2. The lowest BCUT2D eigenvalue weighted by atomic mass is 10.0. The minimum Gasteiger partial charge on any atom is -0.381 e. The smallest absolute Gasteiger partial charge is 0.259 e. The number of piperidine rings is 1. The van der Waals surface area contributed by atoms with Crippen molar-refractivity contribution in [3.05, 3.63) is 23.5 Å². The van der Waals surface area contributed by atoms with Crippen molar-refractivity contribution in [3.63, 3.8) is 0 Å². The van der Waals surface area contributed by atoms with Crippen LogP contribution in [0.2, 0.25) is 0 Å². The van der Waals surface area contributed by atoms with Crippen molar-refractivity contribution >= 4 is 17.4 Å². The number of amides is 1. The second-order valence-corrected chi connectivity index (χ2v) is 6.45. The van der Waals surface area contributed by atoms with E-state index in [1.165, 1.54) is 4.52 Å². The van der Waals surface area contributed by atoms with E-state index in [1.807, 2.05) is 14.0 Å². The zero-order valence-corrected chi connectivity index (χ0v) is 15.0. The number of nitriles is 1. The van der Waals surface area contributed by atoms with Crippen LogP contribution in [0.3, 0.4) is 0 Å². The topological polar surface area (TPSA) is 122 Å². The van der Waals surface area contributed by atoms with Gasteiger partial charge in [0.15, 0.2) is 11.5 Å². The summed E-state index contributed by atoms with van der Waals surface area (Å²) in [6.07, 6.45) is 4.27. The molecule has 2 unspecified atom stereocenters. The summed E-state index contributed by atoms with van der Waals surface area (Å²) in [6, 6.07) is 1.93. The molecule has 2 atom stereocenters. The molecule has 2 aromatic rings. The Morgan fingerprint density at radius 2 is 2.38 bits per heavy atom. The van der Waals surface area contributed by atoms with Gasteiger partial charge in [-0.3, -0.25) is 4.79 Å². The Labute approximate surface area is 151 Å². The lowest BCUT2D eigenvalue weighted by Crippen LogP contribution is -2.55. The van der Waals surface area contributed by atoms with Crippen LogP contribution < -0.4 is 11.1 Å². The number of nitrogens with zero attached hydrogens (tertiary/aromatic N) is 5. The van der Waals surface area contributed by atoms with Crippen molar-refractivity contribution in [1.29, 1.82) is 5.26 Å². The van der Waals surface area contributed by atoms with Gasteiger partial charge in [-0.05, 0) is 20.4 Å². The summed E-state index contributed by atoms with van der Waals surface area (Å²) in [7, 11) is 2.02. The fraction of sp³-hybridized carbons (Fsp3) is 0.529. The average Bonchev–Trinajstić information content (AvgIpc) is 2.93. The lowest BCUT2D eigenvalue weighted by molar-refractivity contribution is -0.00458. The van der Waals surface area contributed by atoms with E-state index in [0.717, 1.165) is 13.0 Å². The number of nitrogens with one attached hydrogen (secondary N) is 1. The number of likely N-dealkylation sites (N-methyl/N-ethyl adjacent to an activating group) is 1. The van der Waals surface area contributed by atoms with Gasteiger partial charge in [0, 0.05) is 37.7 Å². The number of nitrogen functional groups attached to an aromatic ring is 1. The van der Waals surface area contributed by atoms with Crippen molar-refractivity contribution in [2.45, 2.75) is 31.9 Å². The van der Waals surface area contributed by atoms with E-state index in [-0.39, 0.29) is 35.9 Å². The Morgan fingerprint density at radius 3 is 3.12 bits per heavy atom. The number of ether oxygens (including phenoxy) is 1. The number of hydrogen-bond donors (Lipinski definition) is 2. The number of hydrogen-bond acceptors (Lipinski definition) is 7. The van der Waals surface area contributed by atoms with Gasteiger partial charge in [0.05, 0.1) is 24.6 Å². The average molecular weight is 357 g/mol. The molecule has 0 aliphatic carbocycles. The monoisotopic (exact) mass is 357 g/mol. The van der Waals surface area contributed by atoms with Crippen molar-refractivity contribution in [2.24, 2.45) is 0 Å². The van der Waals surface area contributed by atoms with Crippen LogP contribution in [0.15, 0.2) is 12.4 Å². The number of fused-ring (bicyclic) bond motifs is 1. The molecular weight excluding hydrogens is 334 g/mol. The second-order valence-electron chi connectivity index (χ2n) is 6.45. The Hall–Kier alpha value is -2.70. The third kappa shape index (κ3) is 3.61. The first-order valence-corrected chi connectivity index (χ1v) is 8.64. The van der Waals surface area contributed by atoms with E-state index in [9.17, 15) is 4.79 Å². The highest BCUT2D eigenvalue weighted by molar-refractivity contribution is 6.04. The van der Waals surface area contributed by atoms with Gasteiger partial charge in [-0.15, -0.1) is 5.10 Å². The van der Waals surface area contributed by atoms with Gasteiger partial charge in [-0.2, -0.15) is 5.26 Å². The van der Waals surface area contributed by atoms with E-state index in [2.05, 4.69) is 26.4 Å². The third-order valence-corrected chi connectivity index (χ3v) is 4.51. The molecule has 3 N–H and O–H groups in total. The van der Waals surface area contributed by atoms with E-state index in [0.29, 0.717) is 24.4 Å². The van der Waals surface area contributed by atoms with Gasteiger partial charge in [0.1, 0.15) is 5.56 Å². The molecule has 2 aromatic heterocycles.